The number of phenolic OH excluding ortho intramolecular Hbond substituents is 1. The molecule has 0 aromatic heterocycles. The Hall–Kier alpha value is -1.31. The zero-order valence-electron chi connectivity index (χ0n) is 9.65. The van der Waals surface area contributed by atoms with Crippen LogP contribution < -0.4 is 5.32 Å². The molecule has 1 fully saturated rings. The van der Waals surface area contributed by atoms with Crippen molar-refractivity contribution in [3.63, 3.8) is 0 Å². The molecule has 2 N–H and O–H groups in total. The number of phenols is 1. The van der Waals surface area contributed by atoms with E-state index in [1.807, 2.05) is 22.6 Å². The van der Waals surface area contributed by atoms with Gasteiger partial charge in [-0.2, -0.15) is 0 Å². The van der Waals surface area contributed by atoms with E-state index in [1.165, 1.54) is 6.07 Å². The van der Waals surface area contributed by atoms with Crippen molar-refractivity contribution < 1.29 is 14.7 Å². The standard InChI is InChI=1S/C12H13IN2O3/c13-9-2-1-8(7-10(9)16)12(18)15-5-3-11(17)14-4-6-15/h1-2,7,16H,3-6H2,(H,14,17). The van der Waals surface area contributed by atoms with Gasteiger partial charge in [0.05, 0.1) is 3.57 Å². The fourth-order valence-electron chi connectivity index (χ4n) is 1.80. The minimum Gasteiger partial charge on any atom is -0.507 e. The Bertz CT molecular complexity index is 490. The van der Waals surface area contributed by atoms with Crippen molar-refractivity contribution in [2.24, 2.45) is 0 Å². The molecule has 1 saturated heterocycles. The average Bonchev–Trinajstić information content (AvgIpc) is 2.57. The third-order valence-corrected chi connectivity index (χ3v) is 3.71. The summed E-state index contributed by atoms with van der Waals surface area (Å²) in [7, 11) is 0. The summed E-state index contributed by atoms with van der Waals surface area (Å²) in [6.07, 6.45) is 0.322. The molecule has 0 saturated carbocycles. The molecule has 1 aliphatic heterocycles. The number of rotatable bonds is 1. The number of hydrogen-bond acceptors (Lipinski definition) is 3. The maximum absolute atomic E-state index is 12.2. The van der Waals surface area contributed by atoms with Gasteiger partial charge >= 0.3 is 0 Å². The van der Waals surface area contributed by atoms with Crippen molar-refractivity contribution in [2.45, 2.75) is 6.42 Å². The van der Waals surface area contributed by atoms with Crippen LogP contribution in [0.2, 0.25) is 0 Å². The van der Waals surface area contributed by atoms with Crippen molar-refractivity contribution in [3.8, 4) is 5.75 Å². The van der Waals surface area contributed by atoms with Crippen LogP contribution in [0.5, 0.6) is 5.75 Å². The fourth-order valence-corrected chi connectivity index (χ4v) is 2.13. The average molecular weight is 360 g/mol. The Morgan fingerprint density at radius 3 is 2.89 bits per heavy atom. The lowest BCUT2D eigenvalue weighted by Gasteiger charge is -2.19. The smallest absolute Gasteiger partial charge is 0.254 e. The Kier molecular flexibility index (Phi) is 4.05. The SMILES string of the molecule is O=C1CCN(C(=O)c2ccc(I)c(O)c2)CCN1. The number of halogens is 1. The molecule has 0 spiro atoms. The number of amides is 2. The molecule has 0 radical (unpaired) electrons. The second kappa shape index (κ2) is 5.55. The molecule has 1 aromatic rings. The molecular formula is C12H13IN2O3. The van der Waals surface area contributed by atoms with Gasteiger partial charge in [-0.3, -0.25) is 9.59 Å². The van der Waals surface area contributed by atoms with Crippen LogP contribution in [0.4, 0.5) is 0 Å². The molecule has 0 atom stereocenters. The van der Waals surface area contributed by atoms with Crippen LogP contribution in [0.25, 0.3) is 0 Å². The van der Waals surface area contributed by atoms with Gasteiger partial charge in [0.1, 0.15) is 5.75 Å². The molecule has 2 amide bonds. The van der Waals surface area contributed by atoms with Gasteiger partial charge in [0.25, 0.3) is 5.91 Å². The maximum atomic E-state index is 12.2. The van der Waals surface area contributed by atoms with E-state index in [-0.39, 0.29) is 17.6 Å². The van der Waals surface area contributed by atoms with Crippen molar-refractivity contribution in [3.05, 3.63) is 27.3 Å². The topological polar surface area (TPSA) is 69.6 Å². The van der Waals surface area contributed by atoms with Crippen LogP contribution in [0.3, 0.4) is 0 Å². The van der Waals surface area contributed by atoms with Crippen molar-refractivity contribution >= 4 is 34.4 Å². The maximum Gasteiger partial charge on any atom is 0.254 e. The third kappa shape index (κ3) is 2.92. The highest BCUT2D eigenvalue weighted by Crippen LogP contribution is 2.21. The lowest BCUT2D eigenvalue weighted by Crippen LogP contribution is -2.34. The Morgan fingerprint density at radius 1 is 1.39 bits per heavy atom. The number of nitrogens with zero attached hydrogens (tertiary/aromatic N) is 1. The van der Waals surface area contributed by atoms with Crippen molar-refractivity contribution in [1.82, 2.24) is 10.2 Å². The van der Waals surface area contributed by atoms with E-state index in [4.69, 9.17) is 0 Å². The first-order valence-corrected chi connectivity index (χ1v) is 6.70. The molecule has 1 heterocycles. The molecule has 1 aromatic carbocycles. The summed E-state index contributed by atoms with van der Waals surface area (Å²) in [5, 5.41) is 12.3. The van der Waals surface area contributed by atoms with Crippen LogP contribution in [-0.2, 0) is 4.79 Å². The Morgan fingerprint density at radius 2 is 2.17 bits per heavy atom. The lowest BCUT2D eigenvalue weighted by molar-refractivity contribution is -0.120. The number of carbonyl (C=O) groups excluding carboxylic acids is 2. The quantitative estimate of drug-likeness (QED) is 0.733. The van der Waals surface area contributed by atoms with Gasteiger partial charge in [-0.05, 0) is 40.8 Å². The van der Waals surface area contributed by atoms with Gasteiger partial charge in [-0.15, -0.1) is 0 Å². The van der Waals surface area contributed by atoms with Crippen molar-refractivity contribution in [2.75, 3.05) is 19.6 Å². The second-order valence-electron chi connectivity index (χ2n) is 4.06. The molecular weight excluding hydrogens is 347 g/mol. The number of aromatic hydroxyl groups is 1. The Labute approximate surface area is 118 Å². The van der Waals surface area contributed by atoms with E-state index in [0.717, 1.165) is 0 Å². The normalized spacial score (nSPS) is 16.1. The summed E-state index contributed by atoms with van der Waals surface area (Å²) in [5.74, 6) is -0.0839. The summed E-state index contributed by atoms with van der Waals surface area (Å²) in [6.45, 7) is 1.38. The zero-order valence-corrected chi connectivity index (χ0v) is 11.8. The second-order valence-corrected chi connectivity index (χ2v) is 5.22. The van der Waals surface area contributed by atoms with Gasteiger partial charge in [-0.25, -0.2) is 0 Å². The van der Waals surface area contributed by atoms with Gasteiger partial charge in [-0.1, -0.05) is 0 Å². The van der Waals surface area contributed by atoms with E-state index < -0.39 is 0 Å². The molecule has 6 heteroatoms. The van der Waals surface area contributed by atoms with E-state index in [9.17, 15) is 14.7 Å². The number of hydrogen-bond donors (Lipinski definition) is 2. The van der Waals surface area contributed by atoms with Crippen LogP contribution >= 0.6 is 22.6 Å². The minimum absolute atomic E-state index is 0.0317. The number of benzene rings is 1. The summed E-state index contributed by atoms with van der Waals surface area (Å²) in [6, 6.07) is 4.85. The summed E-state index contributed by atoms with van der Waals surface area (Å²) in [4.78, 5) is 25.0. The van der Waals surface area contributed by atoms with E-state index in [1.54, 1.807) is 17.0 Å². The highest BCUT2D eigenvalue weighted by molar-refractivity contribution is 14.1. The van der Waals surface area contributed by atoms with Crippen molar-refractivity contribution in [1.29, 1.82) is 0 Å². The van der Waals surface area contributed by atoms with Gasteiger partial charge in [0, 0.05) is 31.6 Å². The fraction of sp³-hybridized carbons (Fsp3) is 0.333. The first-order chi connectivity index (χ1) is 8.58. The number of carbonyl (C=O) groups is 2. The predicted octanol–water partition coefficient (Wildman–Crippen LogP) is 0.959. The summed E-state index contributed by atoms with van der Waals surface area (Å²) in [5.41, 5.74) is 0.447. The zero-order chi connectivity index (χ0) is 13.1. The summed E-state index contributed by atoms with van der Waals surface area (Å²) < 4.78 is 0.705. The van der Waals surface area contributed by atoms with Gasteiger partial charge < -0.3 is 15.3 Å². The lowest BCUT2D eigenvalue weighted by atomic mass is 10.2. The summed E-state index contributed by atoms with van der Waals surface area (Å²) >= 11 is 2.00. The van der Waals surface area contributed by atoms with E-state index >= 15 is 0 Å². The van der Waals surface area contributed by atoms with Crippen LogP contribution in [0.1, 0.15) is 16.8 Å². The first kappa shape index (κ1) is 13.1. The molecule has 96 valence electrons. The van der Waals surface area contributed by atoms with E-state index in [2.05, 4.69) is 5.32 Å². The highest BCUT2D eigenvalue weighted by atomic mass is 127. The van der Waals surface area contributed by atoms with Crippen LogP contribution in [0, 0.1) is 3.57 Å². The van der Waals surface area contributed by atoms with Gasteiger partial charge in [0.2, 0.25) is 5.91 Å². The van der Waals surface area contributed by atoms with Crippen LogP contribution in [-0.4, -0.2) is 41.5 Å². The van der Waals surface area contributed by atoms with E-state index in [0.29, 0.717) is 35.2 Å². The molecule has 2 rings (SSSR count). The minimum atomic E-state index is -0.154. The predicted molar refractivity (Wildman–Crippen MR) is 74.4 cm³/mol. The molecule has 0 aliphatic carbocycles. The molecule has 0 bridgehead atoms. The Balaban J connectivity index is 2.14. The highest BCUT2D eigenvalue weighted by Gasteiger charge is 2.20. The molecule has 1 aliphatic rings. The largest absolute Gasteiger partial charge is 0.507 e. The molecule has 5 nitrogen and oxygen atoms in total. The molecule has 18 heavy (non-hydrogen) atoms. The molecule has 0 unspecified atom stereocenters. The third-order valence-electron chi connectivity index (χ3n) is 2.79. The monoisotopic (exact) mass is 360 g/mol. The van der Waals surface area contributed by atoms with Crippen LogP contribution in [0.15, 0.2) is 18.2 Å². The first-order valence-electron chi connectivity index (χ1n) is 5.62. The van der Waals surface area contributed by atoms with Gasteiger partial charge in [0.15, 0.2) is 0 Å². The number of nitrogens with one attached hydrogen (secondary N) is 1.